The van der Waals surface area contributed by atoms with Crippen LogP contribution in [0.1, 0.15) is 57.6 Å². The molecule has 3 aromatic rings. The Hall–Kier alpha value is -2.34. The van der Waals surface area contributed by atoms with Gasteiger partial charge in [0.15, 0.2) is 39.6 Å². The van der Waals surface area contributed by atoms with Gasteiger partial charge in [-0.25, -0.2) is 23.7 Å². The molecule has 3 fully saturated rings. The molecule has 2 aliphatic carbocycles. The minimum Gasteiger partial charge on any atom is -0.390 e. The number of fused-ring (bicyclic) bond motifs is 2. The van der Waals surface area contributed by atoms with E-state index in [1.807, 2.05) is 18.4 Å². The van der Waals surface area contributed by atoms with E-state index in [9.17, 15) is 13.9 Å². The van der Waals surface area contributed by atoms with Gasteiger partial charge in [-0.2, -0.15) is 0 Å². The van der Waals surface area contributed by atoms with Crippen LogP contribution in [0.3, 0.4) is 0 Å². The van der Waals surface area contributed by atoms with Gasteiger partial charge in [-0.1, -0.05) is 24.8 Å². The number of aliphatic hydroxyl groups is 1. The van der Waals surface area contributed by atoms with Gasteiger partial charge in [-0.3, -0.25) is 0 Å². The number of thioether (sulfide) groups is 1. The third-order valence-corrected chi connectivity index (χ3v) is 8.14. The fourth-order valence-corrected chi connectivity index (χ4v) is 6.03. The zero-order valence-electron chi connectivity index (χ0n) is 20.3. The second kappa shape index (κ2) is 8.90. The highest BCUT2D eigenvalue weighted by atomic mass is 32.2. The molecule has 36 heavy (non-hydrogen) atoms. The molecule has 1 saturated heterocycles. The highest BCUT2D eigenvalue weighted by molar-refractivity contribution is 7.99. The predicted octanol–water partition coefficient (Wildman–Crippen LogP) is 4.40. The lowest BCUT2D eigenvalue weighted by atomic mass is 10.1. The van der Waals surface area contributed by atoms with Crippen LogP contribution in [-0.2, 0) is 9.47 Å². The van der Waals surface area contributed by atoms with E-state index in [1.54, 1.807) is 24.2 Å². The third-order valence-electron chi connectivity index (χ3n) is 7.08. The highest BCUT2D eigenvalue weighted by Crippen LogP contribution is 2.46. The first-order chi connectivity index (χ1) is 17.2. The summed E-state index contributed by atoms with van der Waals surface area (Å²) in [5.74, 6) is -0.891. The van der Waals surface area contributed by atoms with Gasteiger partial charge in [0.1, 0.15) is 12.2 Å². The van der Waals surface area contributed by atoms with Crippen LogP contribution in [0.5, 0.6) is 0 Å². The molecule has 2 aromatic heterocycles. The summed E-state index contributed by atoms with van der Waals surface area (Å²) >= 11 is 1.57. The van der Waals surface area contributed by atoms with Crippen molar-refractivity contribution in [1.29, 1.82) is 0 Å². The van der Waals surface area contributed by atoms with Crippen LogP contribution in [0, 0.1) is 11.6 Å². The Morgan fingerprint density at radius 2 is 1.97 bits per heavy atom. The van der Waals surface area contributed by atoms with E-state index in [1.165, 1.54) is 12.1 Å². The monoisotopic (exact) mass is 517 g/mol. The molecular formula is C25H29F2N5O3S. The number of ether oxygens (including phenoxy) is 2. The lowest BCUT2D eigenvalue weighted by Gasteiger charge is -2.23. The number of hydrogen-bond donors (Lipinski definition) is 2. The minimum atomic E-state index is -0.844. The molecule has 6 atom stereocenters. The molecule has 4 unspecified atom stereocenters. The number of nitrogens with one attached hydrogen (secondary N) is 1. The molecule has 0 spiro atoms. The van der Waals surface area contributed by atoms with Gasteiger partial charge < -0.3 is 24.5 Å². The average molecular weight is 518 g/mol. The summed E-state index contributed by atoms with van der Waals surface area (Å²) in [5.41, 5.74) is 2.06. The Kier molecular flexibility index (Phi) is 5.94. The van der Waals surface area contributed by atoms with Crippen molar-refractivity contribution in [2.45, 2.75) is 87.3 Å². The lowest BCUT2D eigenvalue weighted by Crippen LogP contribution is -2.28. The molecule has 1 aromatic carbocycles. The van der Waals surface area contributed by atoms with Crippen LogP contribution in [0.25, 0.3) is 11.2 Å². The van der Waals surface area contributed by atoms with E-state index in [0.29, 0.717) is 28.6 Å². The molecule has 6 rings (SSSR count). The van der Waals surface area contributed by atoms with Crippen molar-refractivity contribution in [3.8, 4) is 0 Å². The van der Waals surface area contributed by atoms with E-state index in [0.717, 1.165) is 24.2 Å². The lowest BCUT2D eigenvalue weighted by molar-refractivity contribution is -0.165. The van der Waals surface area contributed by atoms with Crippen LogP contribution in [0.2, 0.25) is 0 Å². The quantitative estimate of drug-likeness (QED) is 0.352. The van der Waals surface area contributed by atoms with Gasteiger partial charge in [0.25, 0.3) is 0 Å². The number of rotatable bonds is 7. The molecule has 2 saturated carbocycles. The molecule has 0 amide bonds. The molecule has 8 nitrogen and oxygen atoms in total. The maximum atomic E-state index is 13.8. The van der Waals surface area contributed by atoms with Gasteiger partial charge in [0.05, 0.1) is 18.5 Å². The second-order valence-electron chi connectivity index (χ2n) is 10.2. The number of benzene rings is 1. The molecule has 0 bridgehead atoms. The minimum absolute atomic E-state index is 0.0344. The van der Waals surface area contributed by atoms with Gasteiger partial charge >= 0.3 is 0 Å². The molecule has 3 aliphatic rings. The van der Waals surface area contributed by atoms with Gasteiger partial charge in [-0.15, -0.1) is 0 Å². The highest BCUT2D eigenvalue weighted by Gasteiger charge is 2.54. The smallest absolute Gasteiger partial charge is 0.191 e. The number of anilines is 1. The Bertz CT molecular complexity index is 1300. The summed E-state index contributed by atoms with van der Waals surface area (Å²) in [6.45, 7) is 5.80. The SMILES string of the molecule is CCCSc1nc(N[C@@H]2C[C@H]2c2ccc(F)c(F)c2)c2ncn(C3CC(O)C4OC(C)(C)OC43)c2n1. The fraction of sp³-hybridized carbons (Fsp3) is 0.560. The summed E-state index contributed by atoms with van der Waals surface area (Å²) in [7, 11) is 0. The summed E-state index contributed by atoms with van der Waals surface area (Å²) in [6, 6.07) is 3.92. The largest absolute Gasteiger partial charge is 0.390 e. The van der Waals surface area contributed by atoms with Crippen molar-refractivity contribution in [2.75, 3.05) is 11.1 Å². The van der Waals surface area contributed by atoms with Crippen molar-refractivity contribution in [3.05, 3.63) is 41.7 Å². The Morgan fingerprint density at radius 3 is 2.75 bits per heavy atom. The Balaban J connectivity index is 1.32. The normalized spacial score (nSPS) is 30.6. The zero-order chi connectivity index (χ0) is 25.2. The average Bonchev–Trinajstić information content (AvgIpc) is 3.19. The number of nitrogens with zero attached hydrogens (tertiary/aromatic N) is 4. The fourth-order valence-electron chi connectivity index (χ4n) is 5.34. The molecular weight excluding hydrogens is 488 g/mol. The summed E-state index contributed by atoms with van der Waals surface area (Å²) in [6.07, 6.45) is 2.61. The van der Waals surface area contributed by atoms with Crippen LogP contribution in [0.4, 0.5) is 14.6 Å². The first-order valence-electron chi connectivity index (χ1n) is 12.4. The van der Waals surface area contributed by atoms with Crippen LogP contribution < -0.4 is 5.32 Å². The second-order valence-corrected chi connectivity index (χ2v) is 11.3. The van der Waals surface area contributed by atoms with Crippen molar-refractivity contribution in [2.24, 2.45) is 0 Å². The number of hydrogen-bond acceptors (Lipinski definition) is 8. The van der Waals surface area contributed by atoms with Gasteiger partial charge in [0.2, 0.25) is 0 Å². The first-order valence-corrected chi connectivity index (χ1v) is 13.3. The van der Waals surface area contributed by atoms with Crippen molar-refractivity contribution >= 4 is 28.7 Å². The van der Waals surface area contributed by atoms with E-state index < -0.39 is 29.6 Å². The van der Waals surface area contributed by atoms with Crippen LogP contribution in [-0.4, -0.2) is 60.5 Å². The van der Waals surface area contributed by atoms with Crippen molar-refractivity contribution in [3.63, 3.8) is 0 Å². The van der Waals surface area contributed by atoms with Gasteiger partial charge in [0, 0.05) is 17.7 Å². The summed E-state index contributed by atoms with van der Waals surface area (Å²) in [4.78, 5) is 14.2. The summed E-state index contributed by atoms with van der Waals surface area (Å²) < 4.78 is 41.2. The predicted molar refractivity (Wildman–Crippen MR) is 131 cm³/mol. The molecule has 192 valence electrons. The number of aromatic nitrogens is 4. The molecule has 1 aliphatic heterocycles. The third kappa shape index (κ3) is 4.25. The van der Waals surface area contributed by atoms with Gasteiger partial charge in [-0.05, 0) is 50.8 Å². The standard InChI is InChI=1S/C25H29F2N5O3S/c1-4-7-36-24-30-22(29-16-9-13(16)12-5-6-14(26)15(27)8-12)19-23(31-24)32(11-28-19)17-10-18(33)21-20(17)34-25(2,3)35-21/h5-6,8,11,13,16-18,20-21,33H,4,7,9-10H2,1-3H3,(H,29,30,31)/t13-,16+,17?,18?,20?,21?/m0/s1. The molecule has 0 radical (unpaired) electrons. The van der Waals surface area contributed by atoms with E-state index >= 15 is 0 Å². The van der Waals surface area contributed by atoms with Crippen LogP contribution >= 0.6 is 11.8 Å². The Morgan fingerprint density at radius 1 is 1.17 bits per heavy atom. The Labute approximate surface area is 211 Å². The molecule has 11 heteroatoms. The molecule has 3 heterocycles. The molecule has 2 N–H and O–H groups in total. The van der Waals surface area contributed by atoms with Crippen molar-refractivity contribution < 1.29 is 23.4 Å². The van der Waals surface area contributed by atoms with E-state index in [-0.39, 0.29) is 24.1 Å². The van der Waals surface area contributed by atoms with E-state index in [2.05, 4.69) is 17.2 Å². The summed E-state index contributed by atoms with van der Waals surface area (Å²) in [5, 5.41) is 14.8. The number of imidazole rings is 1. The van der Waals surface area contributed by atoms with E-state index in [4.69, 9.17) is 19.4 Å². The number of halogens is 2. The maximum absolute atomic E-state index is 13.8. The topological polar surface area (TPSA) is 94.3 Å². The first kappa shape index (κ1) is 24.0. The maximum Gasteiger partial charge on any atom is 0.191 e. The van der Waals surface area contributed by atoms with Crippen molar-refractivity contribution in [1.82, 2.24) is 19.5 Å². The number of aliphatic hydroxyl groups excluding tert-OH is 1. The zero-order valence-corrected chi connectivity index (χ0v) is 21.1. The van der Waals surface area contributed by atoms with Crippen LogP contribution in [0.15, 0.2) is 29.7 Å².